The molecule has 0 aliphatic carbocycles. The second kappa shape index (κ2) is 4.96. The molecule has 0 bridgehead atoms. The van der Waals surface area contributed by atoms with E-state index >= 15 is 0 Å². The summed E-state index contributed by atoms with van der Waals surface area (Å²) in [6.45, 7) is 6.15. The highest BCUT2D eigenvalue weighted by Gasteiger charge is 2.10. The number of nitrogens with one attached hydrogen (secondary N) is 1. The first-order chi connectivity index (χ1) is 8.06. The van der Waals surface area contributed by atoms with Gasteiger partial charge in [-0.2, -0.15) is 0 Å². The van der Waals surface area contributed by atoms with E-state index in [1.54, 1.807) is 0 Å². The topological polar surface area (TPSA) is 25.2 Å². The van der Waals surface area contributed by atoms with E-state index < -0.39 is 0 Å². The van der Waals surface area contributed by atoms with Crippen LogP contribution in [0.5, 0.6) is 0 Å². The summed E-state index contributed by atoms with van der Waals surface area (Å²) in [6, 6.07) is 10.4. The summed E-state index contributed by atoms with van der Waals surface area (Å²) in [4.78, 5) is 0. The van der Waals surface area contributed by atoms with Crippen LogP contribution in [0.15, 0.2) is 39.2 Å². The lowest BCUT2D eigenvalue weighted by atomic mass is 10.1. The maximum Gasteiger partial charge on any atom is 0.126 e. The fourth-order valence-corrected chi connectivity index (χ4v) is 2.26. The van der Waals surface area contributed by atoms with E-state index in [0.29, 0.717) is 0 Å². The lowest BCUT2D eigenvalue weighted by Gasteiger charge is -2.15. The first kappa shape index (κ1) is 12.2. The minimum absolute atomic E-state index is 0.170. The monoisotopic (exact) mass is 293 g/mol. The third kappa shape index (κ3) is 2.91. The van der Waals surface area contributed by atoms with Gasteiger partial charge in [0.05, 0.1) is 6.04 Å². The molecule has 1 unspecified atom stereocenters. The van der Waals surface area contributed by atoms with Gasteiger partial charge in [0.15, 0.2) is 0 Å². The second-order valence-electron chi connectivity index (χ2n) is 4.27. The lowest BCUT2D eigenvalue weighted by Crippen LogP contribution is -2.06. The summed E-state index contributed by atoms with van der Waals surface area (Å²) < 4.78 is 6.71. The van der Waals surface area contributed by atoms with Crippen LogP contribution in [0.1, 0.15) is 30.0 Å². The molecule has 1 aromatic carbocycles. The van der Waals surface area contributed by atoms with E-state index in [4.69, 9.17) is 4.42 Å². The van der Waals surface area contributed by atoms with Crippen molar-refractivity contribution >= 4 is 21.6 Å². The van der Waals surface area contributed by atoms with Gasteiger partial charge in [-0.1, -0.05) is 15.9 Å². The molecule has 17 heavy (non-hydrogen) atoms. The molecule has 2 rings (SSSR count). The maximum absolute atomic E-state index is 5.61. The van der Waals surface area contributed by atoms with E-state index in [0.717, 1.165) is 21.7 Å². The molecule has 0 saturated carbocycles. The normalized spacial score (nSPS) is 12.5. The Bertz CT molecular complexity index is 519. The smallest absolute Gasteiger partial charge is 0.126 e. The quantitative estimate of drug-likeness (QED) is 0.877. The molecule has 0 fully saturated rings. The van der Waals surface area contributed by atoms with Crippen LogP contribution in [0.25, 0.3) is 0 Å². The molecule has 0 amide bonds. The van der Waals surface area contributed by atoms with E-state index in [9.17, 15) is 0 Å². The number of benzene rings is 1. The van der Waals surface area contributed by atoms with Crippen LogP contribution in [0.2, 0.25) is 0 Å². The minimum atomic E-state index is 0.170. The van der Waals surface area contributed by atoms with Crippen LogP contribution in [0.3, 0.4) is 0 Å². The number of halogens is 1. The largest absolute Gasteiger partial charge is 0.464 e. The average Bonchev–Trinajstić information content (AvgIpc) is 2.69. The summed E-state index contributed by atoms with van der Waals surface area (Å²) in [6.07, 6.45) is 0. The van der Waals surface area contributed by atoms with Gasteiger partial charge in [0, 0.05) is 10.2 Å². The van der Waals surface area contributed by atoms with Crippen molar-refractivity contribution in [2.45, 2.75) is 26.8 Å². The molecule has 0 aliphatic rings. The van der Waals surface area contributed by atoms with E-state index in [-0.39, 0.29) is 6.04 Å². The molecule has 1 aromatic heterocycles. The van der Waals surface area contributed by atoms with Gasteiger partial charge in [0.25, 0.3) is 0 Å². The standard InChI is InChI=1S/C14H16BrNO/c1-9-8-12(15)5-6-13(9)16-11(3)14-7-4-10(2)17-14/h4-8,11,16H,1-3H3. The van der Waals surface area contributed by atoms with Crippen LogP contribution >= 0.6 is 15.9 Å². The Morgan fingerprint density at radius 2 is 1.94 bits per heavy atom. The molecule has 0 radical (unpaired) electrons. The van der Waals surface area contributed by atoms with Crippen molar-refractivity contribution in [1.82, 2.24) is 0 Å². The fraction of sp³-hybridized carbons (Fsp3) is 0.286. The van der Waals surface area contributed by atoms with E-state index in [2.05, 4.69) is 47.2 Å². The Balaban J connectivity index is 2.15. The molecule has 90 valence electrons. The number of hydrogen-bond donors (Lipinski definition) is 1. The zero-order valence-electron chi connectivity index (χ0n) is 10.3. The third-order valence-electron chi connectivity index (χ3n) is 2.75. The van der Waals surface area contributed by atoms with Gasteiger partial charge in [-0.3, -0.25) is 0 Å². The molecule has 0 aliphatic heterocycles. The van der Waals surface area contributed by atoms with Crippen LogP contribution < -0.4 is 5.32 Å². The zero-order valence-corrected chi connectivity index (χ0v) is 11.8. The third-order valence-corrected chi connectivity index (χ3v) is 3.24. The van der Waals surface area contributed by atoms with Crippen molar-refractivity contribution < 1.29 is 4.42 Å². The Labute approximate surface area is 110 Å². The summed E-state index contributed by atoms with van der Waals surface area (Å²) in [5.41, 5.74) is 2.35. The molecule has 2 nitrogen and oxygen atoms in total. The van der Waals surface area contributed by atoms with Gasteiger partial charge < -0.3 is 9.73 Å². The molecule has 3 heteroatoms. The van der Waals surface area contributed by atoms with Crippen LogP contribution in [0.4, 0.5) is 5.69 Å². The highest BCUT2D eigenvalue weighted by atomic mass is 79.9. The Kier molecular flexibility index (Phi) is 3.57. The number of rotatable bonds is 3. The van der Waals surface area contributed by atoms with Gasteiger partial charge >= 0.3 is 0 Å². The van der Waals surface area contributed by atoms with Crippen molar-refractivity contribution in [1.29, 1.82) is 0 Å². The van der Waals surface area contributed by atoms with Crippen molar-refractivity contribution in [2.24, 2.45) is 0 Å². The van der Waals surface area contributed by atoms with Crippen molar-refractivity contribution in [3.8, 4) is 0 Å². The summed E-state index contributed by atoms with van der Waals surface area (Å²) in [5.74, 6) is 1.91. The van der Waals surface area contributed by atoms with Gasteiger partial charge in [-0.25, -0.2) is 0 Å². The van der Waals surface area contributed by atoms with Crippen molar-refractivity contribution in [3.63, 3.8) is 0 Å². The second-order valence-corrected chi connectivity index (χ2v) is 5.19. The maximum atomic E-state index is 5.61. The molecule has 1 atom stereocenters. The average molecular weight is 294 g/mol. The highest BCUT2D eigenvalue weighted by Crippen LogP contribution is 2.25. The summed E-state index contributed by atoms with van der Waals surface area (Å²) in [7, 11) is 0. The Hall–Kier alpha value is -1.22. The van der Waals surface area contributed by atoms with Gasteiger partial charge in [-0.15, -0.1) is 0 Å². The molecule has 1 N–H and O–H groups in total. The Morgan fingerprint density at radius 1 is 1.18 bits per heavy atom. The highest BCUT2D eigenvalue weighted by molar-refractivity contribution is 9.10. The summed E-state index contributed by atoms with van der Waals surface area (Å²) >= 11 is 3.46. The lowest BCUT2D eigenvalue weighted by molar-refractivity contribution is 0.467. The van der Waals surface area contributed by atoms with E-state index in [1.165, 1.54) is 5.56 Å². The predicted molar refractivity (Wildman–Crippen MR) is 74.4 cm³/mol. The van der Waals surface area contributed by atoms with Crippen molar-refractivity contribution in [2.75, 3.05) is 5.32 Å². The molecular weight excluding hydrogens is 278 g/mol. The molecule has 2 aromatic rings. The zero-order chi connectivity index (χ0) is 12.4. The van der Waals surface area contributed by atoms with Crippen LogP contribution in [-0.4, -0.2) is 0 Å². The number of furan rings is 1. The van der Waals surface area contributed by atoms with Gasteiger partial charge in [0.2, 0.25) is 0 Å². The predicted octanol–water partition coefficient (Wildman–Crippen LogP) is 4.83. The van der Waals surface area contributed by atoms with Crippen LogP contribution in [0, 0.1) is 13.8 Å². The van der Waals surface area contributed by atoms with Gasteiger partial charge in [0.1, 0.15) is 11.5 Å². The first-order valence-corrected chi connectivity index (χ1v) is 6.44. The fourth-order valence-electron chi connectivity index (χ4n) is 1.78. The number of anilines is 1. The molecule has 0 saturated heterocycles. The number of aryl methyl sites for hydroxylation is 2. The van der Waals surface area contributed by atoms with E-state index in [1.807, 2.05) is 25.1 Å². The first-order valence-electron chi connectivity index (χ1n) is 5.65. The van der Waals surface area contributed by atoms with Gasteiger partial charge in [-0.05, 0) is 56.7 Å². The molecule has 1 heterocycles. The molecular formula is C14H16BrNO. The number of hydrogen-bond acceptors (Lipinski definition) is 2. The Morgan fingerprint density at radius 3 is 2.53 bits per heavy atom. The minimum Gasteiger partial charge on any atom is -0.464 e. The summed E-state index contributed by atoms with van der Waals surface area (Å²) in [5, 5.41) is 3.45. The molecule has 0 spiro atoms. The van der Waals surface area contributed by atoms with Crippen molar-refractivity contribution in [3.05, 3.63) is 51.9 Å². The SMILES string of the molecule is Cc1ccc(C(C)Nc2ccc(Br)cc2C)o1. The van der Waals surface area contributed by atoms with Crippen LogP contribution in [-0.2, 0) is 0 Å².